The van der Waals surface area contributed by atoms with Gasteiger partial charge in [-0.3, -0.25) is 0 Å². The lowest BCUT2D eigenvalue weighted by atomic mass is 9.82. The molecule has 1 heterocycles. The van der Waals surface area contributed by atoms with Gasteiger partial charge in [-0.1, -0.05) is 0 Å². The van der Waals surface area contributed by atoms with E-state index in [0.717, 1.165) is 6.42 Å². The number of carboxylic acids is 1. The molecular weight excluding hydrogens is 265 g/mol. The van der Waals surface area contributed by atoms with Crippen molar-refractivity contribution < 1.29 is 23.8 Å². The third-order valence-corrected chi connectivity index (χ3v) is 3.65. The first-order valence-electron chi connectivity index (χ1n) is 6.80. The second kappa shape index (κ2) is 6.85. The summed E-state index contributed by atoms with van der Waals surface area (Å²) >= 11 is 0. The summed E-state index contributed by atoms with van der Waals surface area (Å²) < 4.78 is 24.1. The quantitative estimate of drug-likeness (QED) is 0.726. The van der Waals surface area contributed by atoms with Crippen LogP contribution >= 0.6 is 0 Å². The van der Waals surface area contributed by atoms with Crippen LogP contribution in [0.15, 0.2) is 23.7 Å². The fourth-order valence-corrected chi connectivity index (χ4v) is 2.65. The number of aliphatic carboxylic acids is 1. The van der Waals surface area contributed by atoms with E-state index in [4.69, 9.17) is 14.6 Å². The van der Waals surface area contributed by atoms with Crippen molar-refractivity contribution in [2.75, 3.05) is 20.3 Å². The minimum atomic E-state index is -1.05. The van der Waals surface area contributed by atoms with E-state index >= 15 is 0 Å². The number of nitrogens with one attached hydrogen (secondary N) is 1. The Morgan fingerprint density at radius 2 is 2.30 bits per heavy atom. The van der Waals surface area contributed by atoms with E-state index in [9.17, 15) is 9.18 Å². The lowest BCUT2D eigenvalue weighted by molar-refractivity contribution is -0.133. The largest absolute Gasteiger partial charge is 0.477 e. The summed E-state index contributed by atoms with van der Waals surface area (Å²) in [5.74, 6) is -1.17. The smallest absolute Gasteiger partial charge is 0.351 e. The van der Waals surface area contributed by atoms with E-state index in [1.54, 1.807) is 13.2 Å². The highest BCUT2D eigenvalue weighted by molar-refractivity contribution is 5.86. The van der Waals surface area contributed by atoms with Crippen LogP contribution in [0.5, 0.6) is 0 Å². The van der Waals surface area contributed by atoms with E-state index in [2.05, 4.69) is 5.32 Å². The molecule has 0 radical (unpaired) electrons. The highest BCUT2D eigenvalue weighted by Crippen LogP contribution is 2.32. The lowest BCUT2D eigenvalue weighted by Crippen LogP contribution is -2.48. The first-order valence-corrected chi connectivity index (χ1v) is 6.80. The van der Waals surface area contributed by atoms with Crippen LogP contribution in [0.4, 0.5) is 4.39 Å². The second-order valence-electron chi connectivity index (χ2n) is 5.05. The zero-order valence-electron chi connectivity index (χ0n) is 11.5. The molecule has 0 saturated heterocycles. The summed E-state index contributed by atoms with van der Waals surface area (Å²) in [5.41, 5.74) is 0.0777. The van der Waals surface area contributed by atoms with Gasteiger partial charge in [0.15, 0.2) is 0 Å². The Hall–Kier alpha value is -1.40. The maximum absolute atomic E-state index is 13.4. The Morgan fingerprint density at radius 3 is 3.00 bits per heavy atom. The van der Waals surface area contributed by atoms with Crippen LogP contribution in [0.1, 0.15) is 19.3 Å². The van der Waals surface area contributed by atoms with Crippen LogP contribution in [0.25, 0.3) is 0 Å². The van der Waals surface area contributed by atoms with Gasteiger partial charge in [-0.2, -0.15) is 0 Å². The van der Waals surface area contributed by atoms with Gasteiger partial charge in [0.05, 0.1) is 18.0 Å². The average molecular weight is 285 g/mol. The minimum Gasteiger partial charge on any atom is -0.477 e. The zero-order valence-corrected chi connectivity index (χ0v) is 11.5. The standard InChI is InChI=1S/C14H20FNO4/c1-19-5-2-6-20-13-8-12(14(17)18)16-11-7-9(15)3-4-10(11)13/h7-8,10-11,13,16H,2-6H2,1H3,(H,17,18). The van der Waals surface area contributed by atoms with Crippen LogP contribution in [0.2, 0.25) is 0 Å². The first-order chi connectivity index (χ1) is 9.61. The molecule has 3 atom stereocenters. The maximum Gasteiger partial charge on any atom is 0.351 e. The highest BCUT2D eigenvalue weighted by Gasteiger charge is 2.36. The van der Waals surface area contributed by atoms with E-state index in [0.29, 0.717) is 26.1 Å². The molecule has 1 aliphatic heterocycles. The summed E-state index contributed by atoms with van der Waals surface area (Å²) in [6, 6.07) is -0.313. The third kappa shape index (κ3) is 3.58. The highest BCUT2D eigenvalue weighted by atomic mass is 19.1. The fraction of sp³-hybridized carbons (Fsp3) is 0.643. The summed E-state index contributed by atoms with van der Waals surface area (Å²) in [5, 5.41) is 12.0. The predicted octanol–water partition coefficient (Wildman–Crippen LogP) is 1.61. The van der Waals surface area contributed by atoms with E-state index < -0.39 is 5.97 Å². The molecule has 0 fully saturated rings. The SMILES string of the molecule is COCCCOC1C=C(C(=O)O)NC2C=C(F)CCC21. The van der Waals surface area contributed by atoms with Gasteiger partial charge in [0, 0.05) is 26.2 Å². The number of allylic oxidation sites excluding steroid dienone is 1. The molecule has 0 saturated carbocycles. The molecule has 0 aromatic carbocycles. The molecule has 3 unspecified atom stereocenters. The van der Waals surface area contributed by atoms with Crippen molar-refractivity contribution >= 4 is 5.97 Å². The molecule has 112 valence electrons. The Kier molecular flexibility index (Phi) is 5.14. The Balaban J connectivity index is 2.06. The first kappa shape index (κ1) is 15.0. The van der Waals surface area contributed by atoms with Crippen molar-refractivity contribution in [1.29, 1.82) is 0 Å². The number of fused-ring (bicyclic) bond motifs is 1. The van der Waals surface area contributed by atoms with E-state index in [1.165, 1.54) is 6.08 Å². The van der Waals surface area contributed by atoms with Crippen LogP contribution < -0.4 is 5.32 Å². The van der Waals surface area contributed by atoms with Gasteiger partial charge in [0.2, 0.25) is 0 Å². The molecule has 0 amide bonds. The summed E-state index contributed by atoms with van der Waals surface area (Å²) in [4.78, 5) is 11.1. The normalized spacial score (nSPS) is 29.0. The average Bonchev–Trinajstić information content (AvgIpc) is 2.42. The van der Waals surface area contributed by atoms with Crippen molar-refractivity contribution in [3.05, 3.63) is 23.7 Å². The Bertz CT molecular complexity index is 421. The van der Waals surface area contributed by atoms with Gasteiger partial charge in [0.25, 0.3) is 0 Å². The lowest BCUT2D eigenvalue weighted by Gasteiger charge is -2.38. The summed E-state index contributed by atoms with van der Waals surface area (Å²) in [6.07, 6.45) is 4.55. The van der Waals surface area contributed by atoms with Gasteiger partial charge in [-0.15, -0.1) is 0 Å². The van der Waals surface area contributed by atoms with Crippen LogP contribution in [0.3, 0.4) is 0 Å². The van der Waals surface area contributed by atoms with Gasteiger partial charge < -0.3 is 19.9 Å². The molecule has 20 heavy (non-hydrogen) atoms. The number of carbonyl (C=O) groups is 1. The molecule has 0 aromatic heterocycles. The van der Waals surface area contributed by atoms with Crippen LogP contribution in [-0.4, -0.2) is 43.5 Å². The molecule has 6 heteroatoms. The van der Waals surface area contributed by atoms with Gasteiger partial charge in [-0.25, -0.2) is 9.18 Å². The maximum atomic E-state index is 13.4. The van der Waals surface area contributed by atoms with Crippen molar-refractivity contribution in [3.8, 4) is 0 Å². The number of carboxylic acid groups (broad SMARTS) is 1. The van der Waals surface area contributed by atoms with Crippen molar-refractivity contribution in [1.82, 2.24) is 5.32 Å². The molecule has 2 N–H and O–H groups in total. The third-order valence-electron chi connectivity index (χ3n) is 3.65. The minimum absolute atomic E-state index is 0.0696. The molecular formula is C14H20FNO4. The summed E-state index contributed by atoms with van der Waals surface area (Å²) in [7, 11) is 1.62. The molecule has 2 aliphatic rings. The van der Waals surface area contributed by atoms with Crippen molar-refractivity contribution in [2.45, 2.75) is 31.4 Å². The van der Waals surface area contributed by atoms with Crippen LogP contribution in [0, 0.1) is 5.92 Å². The number of halogens is 1. The Labute approximate surface area is 117 Å². The Morgan fingerprint density at radius 1 is 1.50 bits per heavy atom. The number of hydrogen-bond donors (Lipinski definition) is 2. The van der Waals surface area contributed by atoms with Gasteiger partial charge in [-0.05, 0) is 31.4 Å². The second-order valence-corrected chi connectivity index (χ2v) is 5.05. The number of hydrogen-bond acceptors (Lipinski definition) is 4. The predicted molar refractivity (Wildman–Crippen MR) is 70.8 cm³/mol. The molecule has 2 rings (SSSR count). The number of ether oxygens (including phenoxy) is 2. The summed E-state index contributed by atoms with van der Waals surface area (Å²) in [6.45, 7) is 1.10. The molecule has 5 nitrogen and oxygen atoms in total. The molecule has 0 bridgehead atoms. The topological polar surface area (TPSA) is 67.8 Å². The van der Waals surface area contributed by atoms with Gasteiger partial charge in [0.1, 0.15) is 5.70 Å². The fourth-order valence-electron chi connectivity index (χ4n) is 2.65. The molecule has 0 spiro atoms. The van der Waals surface area contributed by atoms with E-state index in [-0.39, 0.29) is 29.6 Å². The molecule has 1 aliphatic carbocycles. The number of rotatable bonds is 6. The monoisotopic (exact) mass is 285 g/mol. The molecule has 0 aromatic rings. The number of methoxy groups -OCH3 is 1. The van der Waals surface area contributed by atoms with Crippen molar-refractivity contribution in [3.63, 3.8) is 0 Å². The van der Waals surface area contributed by atoms with E-state index in [1.807, 2.05) is 0 Å². The van der Waals surface area contributed by atoms with Crippen molar-refractivity contribution in [2.24, 2.45) is 5.92 Å². The zero-order chi connectivity index (χ0) is 14.5. The van der Waals surface area contributed by atoms with Gasteiger partial charge >= 0.3 is 5.97 Å². The van der Waals surface area contributed by atoms with Crippen LogP contribution in [-0.2, 0) is 14.3 Å².